The molecule has 1 saturated carbocycles. The van der Waals surface area contributed by atoms with Crippen molar-refractivity contribution in [2.75, 3.05) is 19.0 Å². The fraction of sp³-hybridized carbons (Fsp3) is 0.412. The van der Waals surface area contributed by atoms with Crippen LogP contribution in [0.3, 0.4) is 0 Å². The molecule has 2 aromatic carbocycles. The van der Waals surface area contributed by atoms with Gasteiger partial charge in [0.2, 0.25) is 5.91 Å². The molecular formula is C34H31ClFN5O3. The molecule has 1 amide bonds. The summed E-state index contributed by atoms with van der Waals surface area (Å²) in [6.45, 7) is 3.28. The third-order valence-electron chi connectivity index (χ3n) is 10.7. The number of methoxy groups -OCH3 is 1. The number of anilines is 1. The Labute approximate surface area is 259 Å². The molecule has 224 valence electrons. The van der Waals surface area contributed by atoms with Gasteiger partial charge in [0.1, 0.15) is 17.2 Å². The van der Waals surface area contributed by atoms with Crippen molar-refractivity contribution in [3.8, 4) is 6.07 Å². The van der Waals surface area contributed by atoms with Crippen LogP contribution in [-0.4, -0.2) is 46.0 Å². The number of nitriles is 1. The standard InChI is InChI=1S/C34H31ClFN5O3/c1-33(12-3-4-22(35)29(33)36)28-27-26(11-13-40-25-10-8-20(31(42)44-2)15-24(25)38-30(27)40)41(17-18-5-6-18)34(28)21-9-7-19(16-37)14-23(21)39-32(34)43/h3-4,7-10,14-15,18,26-28H,5-6,11-13,17H2,1-2H3,(H,39,43)/t26-,27+,28+,33?,34+/m0/s1. The quantitative estimate of drug-likeness (QED) is 0.357. The number of nitrogens with zero attached hydrogens (tertiary/aromatic N) is 4. The van der Waals surface area contributed by atoms with Crippen molar-refractivity contribution < 1.29 is 18.7 Å². The molecule has 10 heteroatoms. The van der Waals surface area contributed by atoms with E-state index in [0.29, 0.717) is 47.8 Å². The van der Waals surface area contributed by atoms with Crippen LogP contribution in [0.5, 0.6) is 0 Å². The van der Waals surface area contributed by atoms with Crippen LogP contribution >= 0.6 is 11.6 Å². The summed E-state index contributed by atoms with van der Waals surface area (Å²) in [5.41, 5.74) is 1.44. The summed E-state index contributed by atoms with van der Waals surface area (Å²) in [4.78, 5) is 34.6. The first-order chi connectivity index (χ1) is 21.2. The highest BCUT2D eigenvalue weighted by Gasteiger charge is 2.72. The van der Waals surface area contributed by atoms with Crippen LogP contribution in [0.2, 0.25) is 0 Å². The molecule has 5 atom stereocenters. The number of esters is 1. The molecule has 44 heavy (non-hydrogen) atoms. The third kappa shape index (κ3) is 3.55. The van der Waals surface area contributed by atoms with Crippen molar-refractivity contribution in [1.29, 1.82) is 5.26 Å². The van der Waals surface area contributed by atoms with E-state index in [1.165, 1.54) is 7.11 Å². The Hall–Kier alpha value is -4.00. The number of hydrogen-bond acceptors (Lipinski definition) is 6. The predicted octanol–water partition coefficient (Wildman–Crippen LogP) is 6.13. The lowest BCUT2D eigenvalue weighted by molar-refractivity contribution is -0.132. The topological polar surface area (TPSA) is 100 Å². The van der Waals surface area contributed by atoms with Gasteiger partial charge in [-0.25, -0.2) is 14.2 Å². The molecule has 4 heterocycles. The van der Waals surface area contributed by atoms with E-state index in [1.807, 2.05) is 25.1 Å². The van der Waals surface area contributed by atoms with E-state index in [-0.39, 0.29) is 22.9 Å². The van der Waals surface area contributed by atoms with Gasteiger partial charge in [-0.1, -0.05) is 30.7 Å². The van der Waals surface area contributed by atoms with E-state index in [9.17, 15) is 14.9 Å². The highest BCUT2D eigenvalue weighted by molar-refractivity contribution is 6.31. The lowest BCUT2D eigenvalue weighted by Gasteiger charge is -2.47. The minimum Gasteiger partial charge on any atom is -0.465 e. The second-order valence-corrected chi connectivity index (χ2v) is 13.5. The minimum atomic E-state index is -1.21. The van der Waals surface area contributed by atoms with Crippen LogP contribution in [0.15, 0.2) is 59.4 Å². The first-order valence-electron chi connectivity index (χ1n) is 15.2. The fourth-order valence-electron chi connectivity index (χ4n) is 8.72. The van der Waals surface area contributed by atoms with Gasteiger partial charge in [0.05, 0.1) is 40.4 Å². The van der Waals surface area contributed by atoms with Gasteiger partial charge in [-0.2, -0.15) is 5.26 Å². The number of rotatable bonds is 4. The maximum atomic E-state index is 16.7. The molecule has 5 aliphatic rings. The molecule has 1 unspecified atom stereocenters. The number of halogens is 2. The molecular weight excluding hydrogens is 581 g/mol. The molecule has 8 rings (SSSR count). The lowest BCUT2D eigenvalue weighted by atomic mass is 9.58. The van der Waals surface area contributed by atoms with E-state index in [1.54, 1.807) is 30.3 Å². The Morgan fingerprint density at radius 2 is 2.07 bits per heavy atom. The average molecular weight is 612 g/mol. The number of ether oxygens (including phenoxy) is 1. The molecule has 1 spiro atoms. The molecule has 0 radical (unpaired) electrons. The summed E-state index contributed by atoms with van der Waals surface area (Å²) < 4.78 is 23.8. The van der Waals surface area contributed by atoms with Gasteiger partial charge in [0.25, 0.3) is 0 Å². The minimum absolute atomic E-state index is 0.0524. The Morgan fingerprint density at radius 3 is 2.82 bits per heavy atom. The number of amides is 1. The number of aromatic nitrogens is 2. The summed E-state index contributed by atoms with van der Waals surface area (Å²) >= 11 is 6.54. The SMILES string of the molecule is COC(=O)c1ccc2c(c1)nc1n2CC[C@H]2[C@@H]1[C@H](C1(C)CC=CC(Cl)=C1F)[C@]1(C(=O)Nc3cc(C#N)ccc31)N2CC1CC1. The molecule has 3 aromatic rings. The van der Waals surface area contributed by atoms with E-state index in [4.69, 9.17) is 21.3 Å². The molecule has 1 N–H and O–H groups in total. The number of aryl methyl sites for hydroxylation is 1. The molecule has 8 nitrogen and oxygen atoms in total. The first-order valence-corrected chi connectivity index (χ1v) is 15.5. The number of allylic oxidation sites excluding steroid dienone is 4. The first kappa shape index (κ1) is 27.5. The van der Waals surface area contributed by atoms with Crippen LogP contribution < -0.4 is 5.32 Å². The Morgan fingerprint density at radius 1 is 1.25 bits per heavy atom. The number of fused-ring (bicyclic) bond motifs is 7. The van der Waals surface area contributed by atoms with Crippen LogP contribution in [0.25, 0.3) is 11.0 Å². The second-order valence-electron chi connectivity index (χ2n) is 13.1. The Bertz CT molecular complexity index is 1890. The van der Waals surface area contributed by atoms with Crippen LogP contribution in [0.1, 0.15) is 65.8 Å². The van der Waals surface area contributed by atoms with Gasteiger partial charge in [0.15, 0.2) is 0 Å². The van der Waals surface area contributed by atoms with E-state index < -0.39 is 28.7 Å². The smallest absolute Gasteiger partial charge is 0.337 e. The third-order valence-corrected chi connectivity index (χ3v) is 11.0. The summed E-state index contributed by atoms with van der Waals surface area (Å²) in [6.07, 6.45) is 6.80. The predicted molar refractivity (Wildman–Crippen MR) is 162 cm³/mol. The van der Waals surface area contributed by atoms with Gasteiger partial charge in [-0.15, -0.1) is 0 Å². The van der Waals surface area contributed by atoms with Gasteiger partial charge in [-0.05, 0) is 68.0 Å². The van der Waals surface area contributed by atoms with E-state index in [0.717, 1.165) is 36.2 Å². The summed E-state index contributed by atoms with van der Waals surface area (Å²) in [7, 11) is 1.35. The average Bonchev–Trinajstić information content (AvgIpc) is 3.61. The summed E-state index contributed by atoms with van der Waals surface area (Å²) in [5.74, 6) is -0.725. The van der Waals surface area contributed by atoms with Gasteiger partial charge in [-0.3, -0.25) is 9.69 Å². The number of hydrogen-bond donors (Lipinski definition) is 1. The molecule has 0 bridgehead atoms. The van der Waals surface area contributed by atoms with Crippen molar-refractivity contribution in [2.45, 2.75) is 56.7 Å². The fourth-order valence-corrected chi connectivity index (χ4v) is 9.03. The van der Waals surface area contributed by atoms with E-state index in [2.05, 4.69) is 20.9 Å². The van der Waals surface area contributed by atoms with Crippen molar-refractivity contribution >= 4 is 40.2 Å². The van der Waals surface area contributed by atoms with Crippen LogP contribution in [-0.2, 0) is 21.6 Å². The normalized spacial score (nSPS) is 30.7. The van der Waals surface area contributed by atoms with Crippen molar-refractivity contribution in [2.24, 2.45) is 17.3 Å². The van der Waals surface area contributed by atoms with Gasteiger partial charge in [0, 0.05) is 47.6 Å². The largest absolute Gasteiger partial charge is 0.465 e. The Balaban J connectivity index is 1.41. The summed E-state index contributed by atoms with van der Waals surface area (Å²) in [5, 5.41) is 12.8. The van der Waals surface area contributed by atoms with Gasteiger partial charge < -0.3 is 14.6 Å². The number of imidazole rings is 1. The zero-order valence-electron chi connectivity index (χ0n) is 24.4. The maximum absolute atomic E-state index is 16.7. The van der Waals surface area contributed by atoms with Gasteiger partial charge >= 0.3 is 5.97 Å². The van der Waals surface area contributed by atoms with Crippen molar-refractivity contribution in [1.82, 2.24) is 14.5 Å². The number of carbonyl (C=O) groups excluding carboxylic acids is 2. The second kappa shape index (κ2) is 9.50. The van der Waals surface area contributed by atoms with Crippen molar-refractivity contribution in [3.63, 3.8) is 0 Å². The summed E-state index contributed by atoms with van der Waals surface area (Å²) in [6, 6.07) is 12.8. The number of likely N-dealkylation sites (tertiary alicyclic amines) is 1. The highest BCUT2D eigenvalue weighted by Crippen LogP contribution is 2.68. The lowest BCUT2D eigenvalue weighted by Crippen LogP contribution is -2.56. The zero-order chi connectivity index (χ0) is 30.5. The number of benzene rings is 2. The Kier molecular flexibility index (Phi) is 5.95. The number of nitrogens with one attached hydrogen (secondary N) is 1. The van der Waals surface area contributed by atoms with Crippen LogP contribution in [0.4, 0.5) is 10.1 Å². The number of carbonyl (C=O) groups is 2. The maximum Gasteiger partial charge on any atom is 0.337 e. The highest BCUT2D eigenvalue weighted by atomic mass is 35.5. The molecule has 2 aliphatic carbocycles. The van der Waals surface area contributed by atoms with Crippen molar-refractivity contribution in [3.05, 3.63) is 81.9 Å². The van der Waals surface area contributed by atoms with E-state index >= 15 is 4.39 Å². The molecule has 2 fully saturated rings. The van der Waals surface area contributed by atoms with Crippen LogP contribution in [0, 0.1) is 28.6 Å². The molecule has 1 saturated heterocycles. The monoisotopic (exact) mass is 611 g/mol. The zero-order valence-corrected chi connectivity index (χ0v) is 25.2. The molecule has 1 aromatic heterocycles. The molecule has 3 aliphatic heterocycles.